The molecule has 0 radical (unpaired) electrons. The summed E-state index contributed by atoms with van der Waals surface area (Å²) in [6.07, 6.45) is 1.57. The second-order valence-electron chi connectivity index (χ2n) is 5.01. The minimum Gasteiger partial charge on any atom is -0.399 e. The lowest BCUT2D eigenvalue weighted by Crippen LogP contribution is -2.38. The first-order valence-electron chi connectivity index (χ1n) is 6.95. The molecular weight excluding hydrogens is 294 g/mol. The van der Waals surface area contributed by atoms with Gasteiger partial charge in [0.2, 0.25) is 5.91 Å². The van der Waals surface area contributed by atoms with Gasteiger partial charge in [-0.2, -0.15) is 0 Å². The third-order valence-electron chi connectivity index (χ3n) is 3.32. The van der Waals surface area contributed by atoms with Gasteiger partial charge < -0.3 is 16.0 Å². The van der Waals surface area contributed by atoms with E-state index in [2.05, 4.69) is 15.3 Å². The molecule has 0 aliphatic heterocycles. The minimum atomic E-state index is -0.554. The normalized spacial score (nSPS) is 10.5. The second kappa shape index (κ2) is 5.80. The highest BCUT2D eigenvalue weighted by atomic mass is 16.2. The average molecular weight is 309 g/mol. The number of nitrogens with one attached hydrogen (secondary N) is 2. The first kappa shape index (κ1) is 14.6. The molecule has 1 heterocycles. The molecule has 0 aliphatic rings. The summed E-state index contributed by atoms with van der Waals surface area (Å²) in [5, 5.41) is 2.70. The van der Waals surface area contributed by atoms with Crippen molar-refractivity contribution in [2.75, 3.05) is 16.0 Å². The Balaban J connectivity index is 1.88. The molecule has 116 valence electrons. The summed E-state index contributed by atoms with van der Waals surface area (Å²) in [5.41, 5.74) is 8.75. The first-order chi connectivity index (χ1) is 11.0. The third-order valence-corrected chi connectivity index (χ3v) is 3.32. The molecule has 0 spiro atoms. The van der Waals surface area contributed by atoms with Crippen molar-refractivity contribution < 1.29 is 9.59 Å². The Hall–Kier alpha value is -3.35. The molecule has 3 aromatic rings. The zero-order valence-corrected chi connectivity index (χ0v) is 12.4. The van der Waals surface area contributed by atoms with Crippen LogP contribution in [0.1, 0.15) is 6.92 Å². The van der Waals surface area contributed by atoms with Crippen molar-refractivity contribution >= 4 is 40.0 Å². The van der Waals surface area contributed by atoms with Crippen molar-refractivity contribution in [3.05, 3.63) is 48.8 Å². The molecule has 0 saturated carbocycles. The Labute approximate surface area is 132 Å². The highest BCUT2D eigenvalue weighted by Crippen LogP contribution is 2.20. The van der Waals surface area contributed by atoms with Gasteiger partial charge in [0.05, 0.1) is 23.0 Å². The Morgan fingerprint density at radius 2 is 2.04 bits per heavy atom. The predicted octanol–water partition coefficient (Wildman–Crippen LogP) is 2.73. The standard InChI is InChI=1S/C16H15N5O2/c1-10(22)21(13-4-2-3-11(17)7-13)16(23)20-12-5-6-14-15(8-12)19-9-18-14/h2-9H,17H2,1H3,(H,18,19)(H,20,23). The fourth-order valence-corrected chi connectivity index (χ4v) is 2.30. The summed E-state index contributed by atoms with van der Waals surface area (Å²) in [5.74, 6) is -0.407. The highest BCUT2D eigenvalue weighted by molar-refractivity contribution is 6.18. The molecule has 23 heavy (non-hydrogen) atoms. The Morgan fingerprint density at radius 3 is 2.78 bits per heavy atom. The number of aromatic amines is 1. The van der Waals surface area contributed by atoms with Gasteiger partial charge in [-0.1, -0.05) is 6.07 Å². The third kappa shape index (κ3) is 2.98. The molecule has 4 N–H and O–H groups in total. The maximum Gasteiger partial charge on any atom is 0.333 e. The van der Waals surface area contributed by atoms with Crippen molar-refractivity contribution in [3.8, 4) is 0 Å². The molecular formula is C16H15N5O2. The number of hydrogen-bond acceptors (Lipinski definition) is 4. The number of aromatic nitrogens is 2. The molecule has 0 fully saturated rings. The van der Waals surface area contributed by atoms with Crippen molar-refractivity contribution in [2.24, 2.45) is 0 Å². The van der Waals surface area contributed by atoms with Gasteiger partial charge in [0.25, 0.3) is 0 Å². The molecule has 0 saturated heterocycles. The van der Waals surface area contributed by atoms with E-state index in [1.165, 1.54) is 6.92 Å². The number of imidazole rings is 1. The average Bonchev–Trinajstić information content (AvgIpc) is 2.94. The van der Waals surface area contributed by atoms with Crippen LogP contribution in [0, 0.1) is 0 Å². The number of amides is 3. The fraction of sp³-hybridized carbons (Fsp3) is 0.0625. The van der Waals surface area contributed by atoms with Gasteiger partial charge in [-0.15, -0.1) is 0 Å². The molecule has 0 atom stereocenters. The van der Waals surface area contributed by atoms with Gasteiger partial charge in [-0.05, 0) is 36.4 Å². The predicted molar refractivity (Wildman–Crippen MR) is 89.1 cm³/mol. The van der Waals surface area contributed by atoms with Gasteiger partial charge in [-0.25, -0.2) is 14.7 Å². The molecule has 0 bridgehead atoms. The number of benzene rings is 2. The van der Waals surface area contributed by atoms with Gasteiger partial charge in [0, 0.05) is 18.3 Å². The van der Waals surface area contributed by atoms with E-state index in [-0.39, 0.29) is 0 Å². The summed E-state index contributed by atoms with van der Waals surface area (Å²) in [7, 11) is 0. The molecule has 0 aliphatic carbocycles. The van der Waals surface area contributed by atoms with Crippen LogP contribution < -0.4 is 16.0 Å². The van der Waals surface area contributed by atoms with Crippen LogP contribution in [0.4, 0.5) is 21.9 Å². The SMILES string of the molecule is CC(=O)N(C(=O)Nc1ccc2nc[nH]c2c1)c1cccc(N)c1. The van der Waals surface area contributed by atoms with E-state index < -0.39 is 11.9 Å². The quantitative estimate of drug-likeness (QED) is 0.633. The van der Waals surface area contributed by atoms with Crippen LogP contribution in [0.15, 0.2) is 48.8 Å². The number of fused-ring (bicyclic) bond motifs is 1. The Bertz CT molecular complexity index is 887. The van der Waals surface area contributed by atoms with Crippen molar-refractivity contribution in [3.63, 3.8) is 0 Å². The van der Waals surface area contributed by atoms with Crippen LogP contribution in [0.3, 0.4) is 0 Å². The molecule has 2 aromatic carbocycles. The zero-order valence-electron chi connectivity index (χ0n) is 12.4. The number of anilines is 3. The van der Waals surface area contributed by atoms with Gasteiger partial charge in [0.1, 0.15) is 0 Å². The summed E-state index contributed by atoms with van der Waals surface area (Å²) in [6.45, 7) is 1.32. The summed E-state index contributed by atoms with van der Waals surface area (Å²) in [4.78, 5) is 32.4. The smallest absolute Gasteiger partial charge is 0.333 e. The number of carbonyl (C=O) groups is 2. The van der Waals surface area contributed by atoms with Gasteiger partial charge in [0.15, 0.2) is 0 Å². The van der Waals surface area contributed by atoms with E-state index in [0.29, 0.717) is 17.1 Å². The molecule has 0 unspecified atom stereocenters. The molecule has 7 heteroatoms. The fourth-order valence-electron chi connectivity index (χ4n) is 2.30. The molecule has 1 aromatic heterocycles. The monoisotopic (exact) mass is 309 g/mol. The summed E-state index contributed by atoms with van der Waals surface area (Å²) >= 11 is 0. The van der Waals surface area contributed by atoms with Crippen molar-refractivity contribution in [2.45, 2.75) is 6.92 Å². The molecule has 7 nitrogen and oxygen atoms in total. The number of nitrogens with zero attached hydrogens (tertiary/aromatic N) is 2. The topological polar surface area (TPSA) is 104 Å². The number of nitrogen functional groups attached to an aromatic ring is 1. The van der Waals surface area contributed by atoms with Crippen LogP contribution in [-0.2, 0) is 4.79 Å². The van der Waals surface area contributed by atoms with E-state index in [1.54, 1.807) is 48.8 Å². The number of rotatable bonds is 2. The van der Waals surface area contributed by atoms with Crippen molar-refractivity contribution in [1.82, 2.24) is 9.97 Å². The maximum atomic E-state index is 12.5. The lowest BCUT2D eigenvalue weighted by atomic mass is 10.2. The first-order valence-corrected chi connectivity index (χ1v) is 6.95. The Morgan fingerprint density at radius 1 is 1.22 bits per heavy atom. The van der Waals surface area contributed by atoms with Crippen molar-refractivity contribution in [1.29, 1.82) is 0 Å². The van der Waals surface area contributed by atoms with Crippen LogP contribution in [0.2, 0.25) is 0 Å². The van der Waals surface area contributed by atoms with Crippen LogP contribution in [0.25, 0.3) is 11.0 Å². The molecule has 3 amide bonds. The minimum absolute atomic E-state index is 0.407. The zero-order chi connectivity index (χ0) is 16.4. The van der Waals surface area contributed by atoms with E-state index in [9.17, 15) is 9.59 Å². The van der Waals surface area contributed by atoms with Crippen LogP contribution >= 0.6 is 0 Å². The van der Waals surface area contributed by atoms with Gasteiger partial charge in [-0.3, -0.25) is 4.79 Å². The lowest BCUT2D eigenvalue weighted by molar-refractivity contribution is -0.115. The maximum absolute atomic E-state index is 12.5. The van der Waals surface area contributed by atoms with E-state index >= 15 is 0 Å². The number of H-pyrrole nitrogens is 1. The highest BCUT2D eigenvalue weighted by Gasteiger charge is 2.20. The van der Waals surface area contributed by atoms with E-state index in [0.717, 1.165) is 15.9 Å². The van der Waals surface area contributed by atoms with E-state index in [4.69, 9.17) is 5.73 Å². The number of urea groups is 1. The second-order valence-corrected chi connectivity index (χ2v) is 5.01. The lowest BCUT2D eigenvalue weighted by Gasteiger charge is -2.20. The Kier molecular flexibility index (Phi) is 3.68. The van der Waals surface area contributed by atoms with Crippen LogP contribution in [-0.4, -0.2) is 21.9 Å². The van der Waals surface area contributed by atoms with Crippen LogP contribution in [0.5, 0.6) is 0 Å². The summed E-state index contributed by atoms with van der Waals surface area (Å²) < 4.78 is 0. The van der Waals surface area contributed by atoms with Gasteiger partial charge >= 0.3 is 6.03 Å². The summed E-state index contributed by atoms with van der Waals surface area (Å²) in [6, 6.07) is 11.3. The molecule has 3 rings (SSSR count). The number of carbonyl (C=O) groups excluding carboxylic acids is 2. The largest absolute Gasteiger partial charge is 0.399 e. The number of hydrogen-bond donors (Lipinski definition) is 3. The number of imide groups is 1. The van der Waals surface area contributed by atoms with E-state index in [1.807, 2.05) is 0 Å². The number of nitrogens with two attached hydrogens (primary N) is 1.